The lowest BCUT2D eigenvalue weighted by molar-refractivity contribution is -0.121. The Bertz CT molecular complexity index is 952. The van der Waals surface area contributed by atoms with Crippen molar-refractivity contribution < 1.29 is 19.1 Å². The average molecular weight is 399 g/mol. The molecule has 28 heavy (non-hydrogen) atoms. The highest BCUT2D eigenvalue weighted by atomic mass is 35.5. The molecule has 6 nitrogen and oxygen atoms in total. The van der Waals surface area contributed by atoms with Crippen LogP contribution in [0.25, 0.3) is 5.57 Å². The van der Waals surface area contributed by atoms with E-state index in [9.17, 15) is 9.59 Å². The lowest BCUT2D eigenvalue weighted by atomic mass is 10.0. The quantitative estimate of drug-likeness (QED) is 0.741. The third-order valence-electron chi connectivity index (χ3n) is 4.83. The van der Waals surface area contributed by atoms with E-state index in [-0.39, 0.29) is 5.91 Å². The van der Waals surface area contributed by atoms with E-state index in [1.165, 1.54) is 7.11 Å². The first-order chi connectivity index (χ1) is 13.6. The Hall–Kier alpha value is -2.83. The monoisotopic (exact) mass is 398 g/mol. The van der Waals surface area contributed by atoms with Crippen molar-refractivity contribution in [1.82, 2.24) is 4.90 Å². The van der Waals surface area contributed by atoms with E-state index < -0.39 is 5.91 Å². The number of nitrogens with zero attached hydrogens (tertiary/aromatic N) is 2. The Labute approximate surface area is 167 Å². The zero-order chi connectivity index (χ0) is 19.7. The summed E-state index contributed by atoms with van der Waals surface area (Å²) in [6.45, 7) is 2.11. The standard InChI is InChI=1S/C21H19ClN2O4/c1-27-17-8-7-15(22)13-16(17)24-20(25)18(14-5-3-2-4-6-14)19(21(24)26)23-9-11-28-12-10-23/h2-8,13H,9-12H2,1H3. The second-order valence-electron chi connectivity index (χ2n) is 6.45. The Morgan fingerprint density at radius 1 is 1.00 bits per heavy atom. The Morgan fingerprint density at radius 3 is 2.39 bits per heavy atom. The van der Waals surface area contributed by atoms with Crippen molar-refractivity contribution in [2.24, 2.45) is 0 Å². The Balaban J connectivity index is 1.85. The van der Waals surface area contributed by atoms with Crippen LogP contribution in [0.1, 0.15) is 5.56 Å². The lowest BCUT2D eigenvalue weighted by Crippen LogP contribution is -2.40. The summed E-state index contributed by atoms with van der Waals surface area (Å²) in [6.07, 6.45) is 0. The SMILES string of the molecule is COc1ccc(Cl)cc1N1C(=O)C(c2ccccc2)=C(N2CCOCC2)C1=O. The van der Waals surface area contributed by atoms with Crippen LogP contribution in [-0.2, 0) is 14.3 Å². The van der Waals surface area contributed by atoms with Crippen molar-refractivity contribution in [3.63, 3.8) is 0 Å². The van der Waals surface area contributed by atoms with Crippen molar-refractivity contribution in [3.05, 3.63) is 64.8 Å². The van der Waals surface area contributed by atoms with Crippen LogP contribution in [0.15, 0.2) is 54.2 Å². The molecule has 2 amide bonds. The maximum atomic E-state index is 13.4. The first-order valence-corrected chi connectivity index (χ1v) is 9.34. The van der Waals surface area contributed by atoms with Gasteiger partial charge in [-0.2, -0.15) is 0 Å². The highest BCUT2D eigenvalue weighted by Gasteiger charge is 2.43. The van der Waals surface area contributed by atoms with Crippen LogP contribution in [0.2, 0.25) is 5.02 Å². The van der Waals surface area contributed by atoms with Gasteiger partial charge < -0.3 is 14.4 Å². The summed E-state index contributed by atoms with van der Waals surface area (Å²) in [6, 6.07) is 14.1. The molecule has 1 saturated heterocycles. The summed E-state index contributed by atoms with van der Waals surface area (Å²) >= 11 is 6.14. The summed E-state index contributed by atoms with van der Waals surface area (Å²) in [5.41, 5.74) is 1.81. The number of imide groups is 1. The van der Waals surface area contributed by atoms with E-state index in [4.69, 9.17) is 21.1 Å². The minimum Gasteiger partial charge on any atom is -0.495 e. The van der Waals surface area contributed by atoms with Gasteiger partial charge in [-0.25, -0.2) is 4.90 Å². The predicted octanol–water partition coefficient (Wildman–Crippen LogP) is 2.97. The Kier molecular flexibility index (Phi) is 5.07. The van der Waals surface area contributed by atoms with Gasteiger partial charge >= 0.3 is 0 Å². The van der Waals surface area contributed by atoms with E-state index in [1.807, 2.05) is 35.2 Å². The number of amides is 2. The molecule has 144 valence electrons. The summed E-state index contributed by atoms with van der Waals surface area (Å²) in [7, 11) is 1.49. The van der Waals surface area contributed by atoms with Crippen LogP contribution < -0.4 is 9.64 Å². The van der Waals surface area contributed by atoms with Crippen LogP contribution in [0.4, 0.5) is 5.69 Å². The summed E-state index contributed by atoms with van der Waals surface area (Å²) < 4.78 is 10.8. The topological polar surface area (TPSA) is 59.1 Å². The molecule has 0 atom stereocenters. The summed E-state index contributed by atoms with van der Waals surface area (Å²) in [5, 5.41) is 0.414. The van der Waals surface area contributed by atoms with Gasteiger partial charge in [0.1, 0.15) is 11.4 Å². The van der Waals surface area contributed by atoms with E-state index >= 15 is 0 Å². The zero-order valence-corrected chi connectivity index (χ0v) is 16.1. The third kappa shape index (κ3) is 3.15. The van der Waals surface area contributed by atoms with Crippen molar-refractivity contribution in [2.45, 2.75) is 0 Å². The second-order valence-corrected chi connectivity index (χ2v) is 6.89. The number of carbonyl (C=O) groups is 2. The smallest absolute Gasteiger partial charge is 0.282 e. The second kappa shape index (κ2) is 7.66. The predicted molar refractivity (Wildman–Crippen MR) is 106 cm³/mol. The minimum atomic E-state index is -0.391. The number of anilines is 1. The normalized spacial score (nSPS) is 17.5. The van der Waals surface area contributed by atoms with Crippen molar-refractivity contribution in [1.29, 1.82) is 0 Å². The highest BCUT2D eigenvalue weighted by Crippen LogP contribution is 2.39. The molecule has 0 N–H and O–H groups in total. The molecule has 2 aromatic carbocycles. The number of benzene rings is 2. The van der Waals surface area contributed by atoms with Gasteiger partial charge in [0, 0.05) is 18.1 Å². The number of ether oxygens (including phenoxy) is 2. The van der Waals surface area contributed by atoms with Gasteiger partial charge in [0.25, 0.3) is 11.8 Å². The highest BCUT2D eigenvalue weighted by molar-refractivity contribution is 6.46. The molecule has 2 aliphatic heterocycles. The molecule has 0 spiro atoms. The average Bonchev–Trinajstić information content (AvgIpc) is 2.99. The number of rotatable bonds is 4. The molecule has 0 saturated carbocycles. The molecule has 0 bridgehead atoms. The fourth-order valence-corrected chi connectivity index (χ4v) is 3.69. The van der Waals surface area contributed by atoms with Crippen LogP contribution >= 0.6 is 11.6 Å². The van der Waals surface area contributed by atoms with Crippen LogP contribution in [0.5, 0.6) is 5.75 Å². The van der Waals surface area contributed by atoms with Gasteiger partial charge in [-0.05, 0) is 23.8 Å². The zero-order valence-electron chi connectivity index (χ0n) is 15.4. The van der Waals surface area contributed by atoms with Gasteiger partial charge in [-0.1, -0.05) is 41.9 Å². The first-order valence-electron chi connectivity index (χ1n) is 8.96. The van der Waals surface area contributed by atoms with Crippen molar-refractivity contribution >= 4 is 34.7 Å². The number of halogens is 1. The van der Waals surface area contributed by atoms with Crippen LogP contribution in [0.3, 0.4) is 0 Å². The molecule has 0 radical (unpaired) electrons. The lowest BCUT2D eigenvalue weighted by Gasteiger charge is -2.29. The molecule has 2 aliphatic rings. The van der Waals surface area contributed by atoms with E-state index in [0.717, 1.165) is 4.90 Å². The van der Waals surface area contributed by atoms with Gasteiger partial charge in [0.05, 0.1) is 31.6 Å². The van der Waals surface area contributed by atoms with Gasteiger partial charge in [-0.15, -0.1) is 0 Å². The van der Waals surface area contributed by atoms with Gasteiger partial charge in [-0.3, -0.25) is 9.59 Å². The molecule has 2 heterocycles. The maximum absolute atomic E-state index is 13.4. The molecular weight excluding hydrogens is 380 g/mol. The Morgan fingerprint density at radius 2 is 1.71 bits per heavy atom. The molecule has 0 aliphatic carbocycles. The molecule has 0 unspecified atom stereocenters. The largest absolute Gasteiger partial charge is 0.495 e. The number of hydrogen-bond acceptors (Lipinski definition) is 5. The molecular formula is C21H19ClN2O4. The molecule has 7 heteroatoms. The number of carbonyl (C=O) groups excluding carboxylic acids is 2. The molecule has 1 fully saturated rings. The molecule has 4 rings (SSSR count). The maximum Gasteiger partial charge on any atom is 0.282 e. The van der Waals surface area contributed by atoms with E-state index in [2.05, 4.69) is 0 Å². The summed E-state index contributed by atoms with van der Waals surface area (Å²) in [5.74, 6) is -0.369. The fraction of sp³-hybridized carbons (Fsp3) is 0.238. The summed E-state index contributed by atoms with van der Waals surface area (Å²) in [4.78, 5) is 30.0. The van der Waals surface area contributed by atoms with Gasteiger partial charge in [0.15, 0.2) is 0 Å². The minimum absolute atomic E-state index is 0.335. The van der Waals surface area contributed by atoms with E-state index in [1.54, 1.807) is 18.2 Å². The number of morpholine rings is 1. The molecule has 2 aromatic rings. The van der Waals surface area contributed by atoms with Crippen molar-refractivity contribution in [3.8, 4) is 5.75 Å². The van der Waals surface area contributed by atoms with Crippen molar-refractivity contribution in [2.75, 3.05) is 38.3 Å². The first kappa shape index (κ1) is 18.5. The molecule has 0 aromatic heterocycles. The number of hydrogen-bond donors (Lipinski definition) is 0. The van der Waals surface area contributed by atoms with Gasteiger partial charge in [0.2, 0.25) is 0 Å². The van der Waals surface area contributed by atoms with Crippen LogP contribution in [0, 0.1) is 0 Å². The van der Waals surface area contributed by atoms with Crippen LogP contribution in [-0.4, -0.2) is 50.1 Å². The van der Waals surface area contributed by atoms with E-state index in [0.29, 0.717) is 59.6 Å². The fourth-order valence-electron chi connectivity index (χ4n) is 3.52. The number of methoxy groups -OCH3 is 1. The third-order valence-corrected chi connectivity index (χ3v) is 5.07.